The number of fused-ring (bicyclic) bond motifs is 1. The lowest BCUT2D eigenvalue weighted by molar-refractivity contribution is 0.0984. The van der Waals surface area contributed by atoms with E-state index in [9.17, 15) is 4.79 Å². The van der Waals surface area contributed by atoms with Crippen molar-refractivity contribution in [2.75, 3.05) is 24.7 Å². The smallest absolute Gasteiger partial charge is 0.209 e. The number of morpholine rings is 1. The summed E-state index contributed by atoms with van der Waals surface area (Å²) >= 11 is 0. The Morgan fingerprint density at radius 3 is 3.14 bits per heavy atom. The highest BCUT2D eigenvalue weighted by Gasteiger charge is 2.21. The van der Waals surface area contributed by atoms with Crippen LogP contribution in [0, 0.1) is 0 Å². The average molecular weight is 300 g/mol. The molecule has 1 aliphatic rings. The molecule has 3 aromatic heterocycles. The molecule has 1 saturated heterocycles. The third-order valence-corrected chi connectivity index (χ3v) is 3.93. The van der Waals surface area contributed by atoms with Crippen LogP contribution >= 0.6 is 0 Å². The van der Waals surface area contributed by atoms with Crippen molar-refractivity contribution in [1.82, 2.24) is 24.8 Å². The highest BCUT2D eigenvalue weighted by molar-refractivity contribution is 5.59. The maximum Gasteiger partial charge on any atom is 0.209 e. The van der Waals surface area contributed by atoms with Crippen molar-refractivity contribution >= 4 is 11.3 Å². The summed E-state index contributed by atoms with van der Waals surface area (Å²) in [5.74, 6) is 1.40. The number of rotatable bonds is 2. The molecule has 8 nitrogen and oxygen atoms in total. The lowest BCUT2D eigenvalue weighted by Crippen LogP contribution is -2.44. The number of hydrogen-bond acceptors (Lipinski definition) is 5. The van der Waals surface area contributed by atoms with Crippen molar-refractivity contribution < 1.29 is 4.74 Å². The van der Waals surface area contributed by atoms with Crippen molar-refractivity contribution in [3.63, 3.8) is 0 Å². The number of imidazole rings is 1. The highest BCUT2D eigenvalue weighted by Crippen LogP contribution is 2.19. The van der Waals surface area contributed by atoms with Gasteiger partial charge in [0.2, 0.25) is 5.43 Å². The van der Waals surface area contributed by atoms with E-state index in [-0.39, 0.29) is 11.5 Å². The molecule has 0 unspecified atom stereocenters. The van der Waals surface area contributed by atoms with Gasteiger partial charge >= 0.3 is 0 Å². The zero-order valence-electron chi connectivity index (χ0n) is 12.1. The fraction of sp³-hybridized carbons (Fsp3) is 0.357. The maximum atomic E-state index is 12.4. The van der Waals surface area contributed by atoms with Gasteiger partial charge in [0.05, 0.1) is 25.5 Å². The van der Waals surface area contributed by atoms with Crippen molar-refractivity contribution in [3.05, 3.63) is 34.7 Å². The largest absolute Gasteiger partial charge is 0.377 e. The summed E-state index contributed by atoms with van der Waals surface area (Å²) in [6, 6.07) is 3.65. The zero-order valence-corrected chi connectivity index (χ0v) is 12.1. The van der Waals surface area contributed by atoms with Gasteiger partial charge in [0.15, 0.2) is 5.82 Å². The molecule has 22 heavy (non-hydrogen) atoms. The second kappa shape index (κ2) is 4.99. The fourth-order valence-corrected chi connectivity index (χ4v) is 2.79. The molecule has 1 fully saturated rings. The van der Waals surface area contributed by atoms with Gasteiger partial charge in [-0.2, -0.15) is 5.10 Å². The molecule has 1 atom stereocenters. The Kier molecular flexibility index (Phi) is 2.97. The van der Waals surface area contributed by atoms with Gasteiger partial charge < -0.3 is 9.64 Å². The monoisotopic (exact) mass is 300 g/mol. The molecule has 3 aromatic rings. The molecule has 8 heteroatoms. The molecule has 2 N–H and O–H groups in total. The Labute approximate surface area is 125 Å². The number of aromatic nitrogens is 5. The van der Waals surface area contributed by atoms with Crippen LogP contribution < -0.4 is 10.3 Å². The summed E-state index contributed by atoms with van der Waals surface area (Å²) in [4.78, 5) is 18.8. The van der Waals surface area contributed by atoms with Crippen molar-refractivity contribution in [1.29, 1.82) is 0 Å². The highest BCUT2D eigenvalue weighted by atomic mass is 16.5. The normalized spacial score (nSPS) is 19.0. The first-order valence-corrected chi connectivity index (χ1v) is 7.19. The predicted octanol–water partition coefficient (Wildman–Crippen LogP) is 0.638. The van der Waals surface area contributed by atoms with Crippen LogP contribution in [0.5, 0.6) is 0 Å². The number of nitrogens with one attached hydrogen (secondary N) is 2. The minimum absolute atomic E-state index is 0.0642. The topological polar surface area (TPSA) is 91.3 Å². The number of aromatic amines is 2. The molecule has 0 radical (unpaired) electrons. The number of H-pyrrole nitrogens is 2. The van der Waals surface area contributed by atoms with E-state index in [0.29, 0.717) is 24.6 Å². The van der Waals surface area contributed by atoms with E-state index < -0.39 is 0 Å². The van der Waals surface area contributed by atoms with E-state index in [2.05, 4.69) is 32.1 Å². The molecular weight excluding hydrogens is 284 g/mol. The number of hydrogen-bond donors (Lipinski definition) is 2. The van der Waals surface area contributed by atoms with Crippen LogP contribution in [0.25, 0.3) is 17.0 Å². The van der Waals surface area contributed by atoms with Gasteiger partial charge in [-0.05, 0) is 13.0 Å². The van der Waals surface area contributed by atoms with Gasteiger partial charge in [-0.1, -0.05) is 0 Å². The summed E-state index contributed by atoms with van der Waals surface area (Å²) in [6.07, 6.45) is 3.23. The van der Waals surface area contributed by atoms with Crippen molar-refractivity contribution in [3.8, 4) is 11.5 Å². The zero-order chi connectivity index (χ0) is 15.1. The Morgan fingerprint density at radius 2 is 2.36 bits per heavy atom. The predicted molar refractivity (Wildman–Crippen MR) is 81.0 cm³/mol. The average Bonchev–Trinajstić information content (AvgIpc) is 3.16. The molecule has 0 bridgehead atoms. The van der Waals surface area contributed by atoms with Crippen molar-refractivity contribution in [2.24, 2.45) is 0 Å². The van der Waals surface area contributed by atoms with Gasteiger partial charge in [0.25, 0.3) is 0 Å². The number of nitrogens with zero attached hydrogens (tertiary/aromatic N) is 4. The van der Waals surface area contributed by atoms with Crippen LogP contribution in [0.3, 0.4) is 0 Å². The summed E-state index contributed by atoms with van der Waals surface area (Å²) < 4.78 is 7.15. The molecule has 4 rings (SSSR count). The van der Waals surface area contributed by atoms with E-state index >= 15 is 0 Å². The molecular formula is C14H16N6O2. The second-order valence-electron chi connectivity index (χ2n) is 5.40. The molecule has 0 aliphatic carbocycles. The lowest BCUT2D eigenvalue weighted by Gasteiger charge is -2.34. The number of anilines is 1. The van der Waals surface area contributed by atoms with Gasteiger partial charge in [-0.3, -0.25) is 15.0 Å². The third kappa shape index (κ3) is 2.00. The van der Waals surface area contributed by atoms with E-state index in [1.165, 1.54) is 0 Å². The maximum absolute atomic E-state index is 12.4. The first-order chi connectivity index (χ1) is 10.7. The minimum atomic E-state index is -0.0642. The molecule has 0 spiro atoms. The van der Waals surface area contributed by atoms with Crippen molar-refractivity contribution in [2.45, 2.75) is 13.0 Å². The van der Waals surface area contributed by atoms with Crippen LogP contribution in [-0.2, 0) is 4.74 Å². The molecule has 0 saturated carbocycles. The van der Waals surface area contributed by atoms with E-state index in [4.69, 9.17) is 4.74 Å². The van der Waals surface area contributed by atoms with Gasteiger partial charge in [-0.25, -0.2) is 9.50 Å². The molecule has 0 amide bonds. The lowest BCUT2D eigenvalue weighted by atomic mass is 10.2. The SMILES string of the molecule is C[C@@H]1COCCN1c1cc(=O)c2cnc(-c3ccn[nH]3)n2[nH]1. The summed E-state index contributed by atoms with van der Waals surface area (Å²) in [7, 11) is 0. The van der Waals surface area contributed by atoms with Crippen LogP contribution in [-0.4, -0.2) is 50.6 Å². The van der Waals surface area contributed by atoms with Crippen LogP contribution in [0.1, 0.15) is 6.92 Å². The molecule has 4 heterocycles. The fourth-order valence-electron chi connectivity index (χ4n) is 2.79. The van der Waals surface area contributed by atoms with Gasteiger partial charge in [-0.15, -0.1) is 0 Å². The van der Waals surface area contributed by atoms with E-state index in [1.807, 2.05) is 6.07 Å². The summed E-state index contributed by atoms with van der Waals surface area (Å²) in [5, 5.41) is 10.1. The van der Waals surface area contributed by atoms with Crippen LogP contribution in [0.4, 0.5) is 5.82 Å². The van der Waals surface area contributed by atoms with Gasteiger partial charge in [0.1, 0.15) is 17.0 Å². The Balaban J connectivity index is 1.87. The molecule has 0 aromatic carbocycles. The Bertz CT molecular complexity index is 850. The molecule has 1 aliphatic heterocycles. The second-order valence-corrected chi connectivity index (χ2v) is 5.40. The minimum Gasteiger partial charge on any atom is -0.377 e. The van der Waals surface area contributed by atoms with Gasteiger partial charge in [0, 0.05) is 18.8 Å². The quantitative estimate of drug-likeness (QED) is 0.724. The van der Waals surface area contributed by atoms with E-state index in [1.54, 1.807) is 23.0 Å². The Hall–Kier alpha value is -2.61. The first kappa shape index (κ1) is 13.1. The molecule has 114 valence electrons. The van der Waals surface area contributed by atoms with E-state index in [0.717, 1.165) is 18.1 Å². The Morgan fingerprint density at radius 1 is 1.45 bits per heavy atom. The standard InChI is InChI=1S/C14H16N6O2/c1-9-8-22-5-4-19(9)13-6-12(21)11-7-15-14(20(11)18-13)10-2-3-16-17-10/h2-3,6-7,9,18H,4-5,8H2,1H3,(H,16,17)/t9-/m1/s1. The van der Waals surface area contributed by atoms with Crippen LogP contribution in [0.15, 0.2) is 29.3 Å². The first-order valence-electron chi connectivity index (χ1n) is 7.19. The summed E-state index contributed by atoms with van der Waals surface area (Å²) in [6.45, 7) is 4.13. The summed E-state index contributed by atoms with van der Waals surface area (Å²) in [5.41, 5.74) is 1.20. The third-order valence-electron chi connectivity index (χ3n) is 3.93. The van der Waals surface area contributed by atoms with Crippen LogP contribution in [0.2, 0.25) is 0 Å². The number of ether oxygens (including phenoxy) is 1.